The number of amides is 1. The Kier molecular flexibility index (Phi) is 7.26. The van der Waals surface area contributed by atoms with E-state index in [9.17, 15) is 14.4 Å². The zero-order valence-electron chi connectivity index (χ0n) is 19.5. The number of aryl methyl sites for hydroxylation is 1. The molecule has 1 fully saturated rings. The first-order valence-corrected chi connectivity index (χ1v) is 12.3. The molecule has 1 aliphatic heterocycles. The lowest BCUT2D eigenvalue weighted by Gasteiger charge is -2.28. The monoisotopic (exact) mass is 484 g/mol. The largest absolute Gasteiger partial charge is 0.497 e. The van der Waals surface area contributed by atoms with Gasteiger partial charge in [-0.2, -0.15) is 9.61 Å². The highest BCUT2D eigenvalue weighted by Gasteiger charge is 2.45. The minimum absolute atomic E-state index is 0.0641. The van der Waals surface area contributed by atoms with Crippen LogP contribution in [0.25, 0.3) is 4.96 Å². The summed E-state index contributed by atoms with van der Waals surface area (Å²) in [5.74, 6) is -0.480. The van der Waals surface area contributed by atoms with E-state index in [-0.39, 0.29) is 24.5 Å². The molecule has 0 unspecified atom stereocenters. The Morgan fingerprint density at radius 1 is 1.21 bits per heavy atom. The molecule has 10 heteroatoms. The van der Waals surface area contributed by atoms with Gasteiger partial charge in [-0.05, 0) is 30.5 Å². The Morgan fingerprint density at radius 2 is 1.97 bits per heavy atom. The van der Waals surface area contributed by atoms with Crippen molar-refractivity contribution >= 4 is 28.2 Å². The highest BCUT2D eigenvalue weighted by molar-refractivity contribution is 7.16. The van der Waals surface area contributed by atoms with E-state index in [0.717, 1.165) is 23.4 Å². The molecule has 0 spiro atoms. The number of benzene rings is 1. The quantitative estimate of drug-likeness (QED) is 0.430. The average molecular weight is 485 g/mol. The minimum atomic E-state index is -0.641. The van der Waals surface area contributed by atoms with Gasteiger partial charge < -0.3 is 14.4 Å². The summed E-state index contributed by atoms with van der Waals surface area (Å²) < 4.78 is 12.1. The number of hydrogen-bond donors (Lipinski definition) is 0. The molecule has 0 bridgehead atoms. The highest BCUT2D eigenvalue weighted by atomic mass is 32.1. The van der Waals surface area contributed by atoms with E-state index in [1.807, 2.05) is 31.2 Å². The Labute approximate surface area is 201 Å². The molecule has 3 aromatic rings. The van der Waals surface area contributed by atoms with Crippen LogP contribution in [0.5, 0.6) is 5.75 Å². The van der Waals surface area contributed by atoms with Gasteiger partial charge in [-0.3, -0.25) is 14.4 Å². The maximum absolute atomic E-state index is 13.1. The van der Waals surface area contributed by atoms with Crippen molar-refractivity contribution in [3.05, 3.63) is 57.0 Å². The van der Waals surface area contributed by atoms with Crippen LogP contribution in [0.4, 0.5) is 0 Å². The summed E-state index contributed by atoms with van der Waals surface area (Å²) in [5, 5.41) is 5.03. The Hall–Kier alpha value is -3.27. The molecule has 9 nitrogen and oxygen atoms in total. The smallest absolute Gasteiger partial charge is 0.312 e. The second-order valence-electron chi connectivity index (χ2n) is 8.21. The van der Waals surface area contributed by atoms with Crippen LogP contribution in [-0.2, 0) is 27.4 Å². The van der Waals surface area contributed by atoms with E-state index in [4.69, 9.17) is 9.47 Å². The maximum Gasteiger partial charge on any atom is 0.312 e. The zero-order valence-corrected chi connectivity index (χ0v) is 20.3. The van der Waals surface area contributed by atoms with Crippen molar-refractivity contribution in [1.82, 2.24) is 19.5 Å². The van der Waals surface area contributed by atoms with Crippen molar-refractivity contribution in [3.63, 3.8) is 0 Å². The second kappa shape index (κ2) is 10.3. The lowest BCUT2D eigenvalue weighted by Crippen LogP contribution is -2.32. The molecule has 0 N–H and O–H groups in total. The first-order valence-electron chi connectivity index (χ1n) is 11.4. The summed E-state index contributed by atoms with van der Waals surface area (Å²) in [4.78, 5) is 45.0. The van der Waals surface area contributed by atoms with Gasteiger partial charge in [0.15, 0.2) is 0 Å². The van der Waals surface area contributed by atoms with Gasteiger partial charge in [0, 0.05) is 19.0 Å². The highest BCUT2D eigenvalue weighted by Crippen LogP contribution is 2.39. The maximum atomic E-state index is 13.1. The van der Waals surface area contributed by atoms with Gasteiger partial charge in [0.2, 0.25) is 10.9 Å². The predicted octanol–water partition coefficient (Wildman–Crippen LogP) is 3.16. The fraction of sp³-hybridized carbons (Fsp3) is 0.458. The molecule has 3 heterocycles. The van der Waals surface area contributed by atoms with Crippen molar-refractivity contribution in [2.75, 3.05) is 13.7 Å². The van der Waals surface area contributed by atoms with Gasteiger partial charge in [-0.15, -0.1) is 0 Å². The molecule has 180 valence electrons. The van der Waals surface area contributed by atoms with Gasteiger partial charge in [0.1, 0.15) is 17.4 Å². The summed E-state index contributed by atoms with van der Waals surface area (Å²) in [5.41, 5.74) is 0.905. The molecular formula is C24H28N4O5S. The summed E-state index contributed by atoms with van der Waals surface area (Å²) in [7, 11) is 1.59. The number of esters is 1. The third-order valence-corrected chi connectivity index (χ3v) is 7.00. The molecule has 2 aromatic heterocycles. The van der Waals surface area contributed by atoms with Crippen LogP contribution in [0.2, 0.25) is 0 Å². The van der Waals surface area contributed by atoms with E-state index < -0.39 is 17.9 Å². The van der Waals surface area contributed by atoms with E-state index in [2.05, 4.69) is 17.0 Å². The number of rotatable bonds is 9. The first-order chi connectivity index (χ1) is 16.4. The molecular weight excluding hydrogens is 456 g/mol. The number of likely N-dealkylation sites (tertiary alicyclic amines) is 1. The van der Waals surface area contributed by atoms with Gasteiger partial charge in [-0.1, -0.05) is 43.7 Å². The van der Waals surface area contributed by atoms with Crippen LogP contribution in [0, 0.1) is 5.92 Å². The van der Waals surface area contributed by atoms with Crippen molar-refractivity contribution in [2.45, 2.75) is 52.2 Å². The van der Waals surface area contributed by atoms with Crippen molar-refractivity contribution < 1.29 is 19.1 Å². The molecule has 4 rings (SSSR count). The van der Waals surface area contributed by atoms with Crippen molar-refractivity contribution in [2.24, 2.45) is 5.92 Å². The fourth-order valence-corrected chi connectivity index (χ4v) is 5.03. The molecule has 1 amide bonds. The van der Waals surface area contributed by atoms with Gasteiger partial charge in [0.25, 0.3) is 5.56 Å². The standard InChI is InChI=1S/C24H28N4O5S/c1-4-6-11-27-20(29)13-18(22(27)15-7-9-17(32-3)10-8-15)23(31)33-14-16-12-21(30)28-24(25-16)34-19(5-2)26-28/h7-10,12,18,22H,4-6,11,13-14H2,1-3H3/t18-,22-/m1/s1. The normalized spacial score (nSPS) is 18.0. The number of aromatic nitrogens is 3. The van der Waals surface area contributed by atoms with E-state index in [1.54, 1.807) is 12.0 Å². The van der Waals surface area contributed by atoms with Crippen LogP contribution < -0.4 is 10.3 Å². The number of fused-ring (bicyclic) bond motifs is 1. The van der Waals surface area contributed by atoms with Crippen LogP contribution in [-0.4, -0.2) is 45.0 Å². The SMILES string of the molecule is CCCCN1C(=O)C[C@@H](C(=O)OCc2cc(=O)n3nc(CC)sc3n2)[C@H]1c1ccc(OC)cc1. The van der Waals surface area contributed by atoms with E-state index >= 15 is 0 Å². The summed E-state index contributed by atoms with van der Waals surface area (Å²) in [6.07, 6.45) is 2.58. The number of nitrogens with zero attached hydrogens (tertiary/aromatic N) is 4. The third kappa shape index (κ3) is 4.82. The topological polar surface area (TPSA) is 103 Å². The lowest BCUT2D eigenvalue weighted by atomic mass is 9.93. The number of carbonyl (C=O) groups is 2. The van der Waals surface area contributed by atoms with Crippen LogP contribution in [0.1, 0.15) is 55.4 Å². The molecule has 1 aromatic carbocycles. The minimum Gasteiger partial charge on any atom is -0.497 e. The summed E-state index contributed by atoms with van der Waals surface area (Å²) in [6.45, 7) is 4.46. The Bertz CT molecular complexity index is 1240. The molecule has 1 saturated heterocycles. The van der Waals surface area contributed by atoms with Crippen LogP contribution in [0.15, 0.2) is 35.1 Å². The van der Waals surface area contributed by atoms with Crippen LogP contribution in [0.3, 0.4) is 0 Å². The summed E-state index contributed by atoms with van der Waals surface area (Å²) in [6, 6.07) is 8.33. The van der Waals surface area contributed by atoms with Crippen molar-refractivity contribution in [3.8, 4) is 5.75 Å². The lowest BCUT2D eigenvalue weighted by molar-refractivity contribution is -0.151. The number of carbonyl (C=O) groups excluding carboxylic acids is 2. The van der Waals surface area contributed by atoms with E-state index in [0.29, 0.717) is 29.4 Å². The fourth-order valence-electron chi connectivity index (χ4n) is 4.17. The number of methoxy groups -OCH3 is 1. The van der Waals surface area contributed by atoms with Gasteiger partial charge in [0.05, 0.1) is 24.8 Å². The predicted molar refractivity (Wildman–Crippen MR) is 127 cm³/mol. The average Bonchev–Trinajstić information content (AvgIpc) is 3.42. The Balaban J connectivity index is 1.54. The molecule has 34 heavy (non-hydrogen) atoms. The zero-order chi connectivity index (χ0) is 24.2. The van der Waals surface area contributed by atoms with Gasteiger partial charge in [-0.25, -0.2) is 4.98 Å². The Morgan fingerprint density at radius 3 is 2.65 bits per heavy atom. The molecule has 0 saturated carbocycles. The molecule has 1 aliphatic rings. The molecule has 0 radical (unpaired) electrons. The summed E-state index contributed by atoms with van der Waals surface area (Å²) >= 11 is 1.33. The molecule has 2 atom stereocenters. The second-order valence-corrected chi connectivity index (χ2v) is 9.25. The number of unbranched alkanes of at least 4 members (excludes halogenated alkanes) is 1. The first kappa shape index (κ1) is 23.9. The number of hydrogen-bond acceptors (Lipinski definition) is 8. The van der Waals surface area contributed by atoms with E-state index in [1.165, 1.54) is 21.9 Å². The van der Waals surface area contributed by atoms with Gasteiger partial charge >= 0.3 is 5.97 Å². The van der Waals surface area contributed by atoms with Crippen LogP contribution >= 0.6 is 11.3 Å². The van der Waals surface area contributed by atoms with Crippen molar-refractivity contribution in [1.29, 1.82) is 0 Å². The third-order valence-electron chi connectivity index (χ3n) is 5.95. The number of ether oxygens (including phenoxy) is 2. The molecule has 0 aliphatic carbocycles.